The van der Waals surface area contributed by atoms with Crippen LogP contribution < -0.4 is 0 Å². The first kappa shape index (κ1) is 7.41. The number of hydrogen-bond acceptors (Lipinski definition) is 1. The van der Waals surface area contributed by atoms with E-state index in [-0.39, 0.29) is 0 Å². The fourth-order valence-electron chi connectivity index (χ4n) is 1.27. The zero-order valence-corrected chi connectivity index (χ0v) is 7.38. The molecule has 1 aromatic carbocycles. The first-order chi connectivity index (χ1) is 5.75. The summed E-state index contributed by atoms with van der Waals surface area (Å²) in [6.45, 7) is 8.10. The van der Waals surface area contributed by atoms with Crippen molar-refractivity contribution in [2.75, 3.05) is 6.54 Å². The lowest BCUT2D eigenvalue weighted by Crippen LogP contribution is -1.95. The molecular formula is C11H13N. The van der Waals surface area contributed by atoms with Crippen molar-refractivity contribution in [3.05, 3.63) is 47.7 Å². The molecule has 0 aromatic heterocycles. The summed E-state index contributed by atoms with van der Waals surface area (Å²) < 4.78 is 0. The van der Waals surface area contributed by atoms with Crippen LogP contribution >= 0.6 is 0 Å². The van der Waals surface area contributed by atoms with Gasteiger partial charge in [0.1, 0.15) is 0 Å². The summed E-state index contributed by atoms with van der Waals surface area (Å²) in [6, 6.07) is 8.67. The van der Waals surface area contributed by atoms with Crippen LogP contribution in [0.1, 0.15) is 11.1 Å². The van der Waals surface area contributed by atoms with Gasteiger partial charge in [0, 0.05) is 12.2 Å². The third kappa shape index (κ3) is 1.50. The lowest BCUT2D eigenvalue weighted by Gasteiger charge is -2.02. The fraction of sp³-hybridized carbons (Fsp3) is 0.273. The summed E-state index contributed by atoms with van der Waals surface area (Å²) >= 11 is 0. The summed E-state index contributed by atoms with van der Waals surface area (Å²) in [5, 5.41) is 0. The zero-order valence-electron chi connectivity index (χ0n) is 7.38. The van der Waals surface area contributed by atoms with Crippen LogP contribution in [0.25, 0.3) is 0 Å². The van der Waals surface area contributed by atoms with Crippen LogP contribution in [0.2, 0.25) is 0 Å². The number of rotatable bonds is 2. The first-order valence-corrected chi connectivity index (χ1v) is 4.24. The highest BCUT2D eigenvalue weighted by atomic mass is 15.3. The summed E-state index contributed by atoms with van der Waals surface area (Å²) in [5.74, 6) is 0. The van der Waals surface area contributed by atoms with Crippen molar-refractivity contribution in [3.8, 4) is 0 Å². The Morgan fingerprint density at radius 3 is 2.42 bits per heavy atom. The Labute approximate surface area is 73.3 Å². The summed E-state index contributed by atoms with van der Waals surface area (Å²) in [4.78, 5) is 2.27. The first-order valence-electron chi connectivity index (χ1n) is 4.24. The van der Waals surface area contributed by atoms with Gasteiger partial charge in [-0.2, -0.15) is 0 Å². The van der Waals surface area contributed by atoms with Crippen molar-refractivity contribution >= 4 is 0 Å². The van der Waals surface area contributed by atoms with Crippen LogP contribution in [-0.2, 0) is 6.54 Å². The molecule has 0 radical (unpaired) electrons. The van der Waals surface area contributed by atoms with Crippen molar-refractivity contribution in [3.63, 3.8) is 0 Å². The number of nitrogens with zero attached hydrogens (tertiary/aromatic N) is 1. The van der Waals surface area contributed by atoms with E-state index in [1.807, 2.05) is 0 Å². The molecule has 0 N–H and O–H groups in total. The van der Waals surface area contributed by atoms with Gasteiger partial charge in [-0.15, -0.1) is 0 Å². The Balaban J connectivity index is 2.04. The van der Waals surface area contributed by atoms with Crippen molar-refractivity contribution in [1.82, 2.24) is 4.90 Å². The average Bonchev–Trinajstić information content (AvgIpc) is 2.72. The second-order valence-electron chi connectivity index (χ2n) is 3.41. The van der Waals surface area contributed by atoms with Gasteiger partial charge in [-0.1, -0.05) is 36.4 Å². The monoisotopic (exact) mass is 159 g/mol. The molecule has 1 aliphatic rings. The van der Waals surface area contributed by atoms with Crippen LogP contribution in [0.15, 0.2) is 36.5 Å². The molecule has 1 aromatic rings. The van der Waals surface area contributed by atoms with Gasteiger partial charge >= 0.3 is 0 Å². The molecular weight excluding hydrogens is 146 g/mol. The molecule has 1 saturated heterocycles. The van der Waals surface area contributed by atoms with Gasteiger partial charge in [-0.25, -0.2) is 0 Å². The van der Waals surface area contributed by atoms with Crippen LogP contribution in [0.4, 0.5) is 0 Å². The van der Waals surface area contributed by atoms with E-state index in [9.17, 15) is 0 Å². The van der Waals surface area contributed by atoms with E-state index in [0.29, 0.717) is 0 Å². The number of hydrogen-bond donors (Lipinski definition) is 0. The van der Waals surface area contributed by atoms with E-state index in [4.69, 9.17) is 0 Å². The molecule has 0 aliphatic carbocycles. The smallest absolute Gasteiger partial charge is 0.0574 e. The molecule has 0 unspecified atom stereocenters. The highest BCUT2D eigenvalue weighted by Gasteiger charge is 2.21. The van der Waals surface area contributed by atoms with E-state index in [1.165, 1.54) is 16.8 Å². The van der Waals surface area contributed by atoms with Gasteiger partial charge in [0.05, 0.1) is 6.54 Å². The number of benzene rings is 1. The van der Waals surface area contributed by atoms with Crippen molar-refractivity contribution in [2.45, 2.75) is 13.5 Å². The topological polar surface area (TPSA) is 3.01 Å². The average molecular weight is 159 g/mol. The van der Waals surface area contributed by atoms with Gasteiger partial charge in [-0.3, -0.25) is 0 Å². The zero-order chi connectivity index (χ0) is 8.55. The fourth-order valence-corrected chi connectivity index (χ4v) is 1.27. The maximum Gasteiger partial charge on any atom is 0.0574 e. The molecule has 12 heavy (non-hydrogen) atoms. The minimum atomic E-state index is 1.03. The third-order valence-electron chi connectivity index (χ3n) is 2.21. The highest BCUT2D eigenvalue weighted by Crippen LogP contribution is 2.22. The lowest BCUT2D eigenvalue weighted by molar-refractivity contribution is 0.581. The molecule has 2 rings (SSSR count). The molecule has 0 amide bonds. The van der Waals surface area contributed by atoms with Crippen molar-refractivity contribution in [1.29, 1.82) is 0 Å². The molecule has 1 heterocycles. The van der Waals surface area contributed by atoms with E-state index in [0.717, 1.165) is 13.1 Å². The third-order valence-corrected chi connectivity index (χ3v) is 2.21. The Bertz CT molecular complexity index is 297. The maximum absolute atomic E-state index is 3.89. The van der Waals surface area contributed by atoms with Gasteiger partial charge in [-0.05, 0) is 12.5 Å². The summed E-state index contributed by atoms with van der Waals surface area (Å²) in [6.07, 6.45) is 0. The van der Waals surface area contributed by atoms with E-state index >= 15 is 0 Å². The largest absolute Gasteiger partial charge is 0.364 e. The van der Waals surface area contributed by atoms with E-state index < -0.39 is 0 Å². The highest BCUT2D eigenvalue weighted by molar-refractivity contribution is 5.24. The van der Waals surface area contributed by atoms with Crippen molar-refractivity contribution in [2.24, 2.45) is 0 Å². The minimum Gasteiger partial charge on any atom is -0.364 e. The van der Waals surface area contributed by atoms with Gasteiger partial charge < -0.3 is 4.90 Å². The van der Waals surface area contributed by atoms with Crippen LogP contribution in [-0.4, -0.2) is 11.4 Å². The van der Waals surface area contributed by atoms with Gasteiger partial charge in [0.25, 0.3) is 0 Å². The molecule has 0 saturated carbocycles. The second kappa shape index (κ2) is 2.67. The maximum atomic E-state index is 3.89. The molecule has 62 valence electrons. The lowest BCUT2D eigenvalue weighted by atomic mass is 10.1. The SMILES string of the molecule is C=C1CN1Cc1ccc(C)cc1. The molecule has 1 heteroatoms. The quantitative estimate of drug-likeness (QED) is 0.598. The van der Waals surface area contributed by atoms with Crippen LogP contribution in [0, 0.1) is 6.92 Å². The minimum absolute atomic E-state index is 1.03. The van der Waals surface area contributed by atoms with Crippen LogP contribution in [0.5, 0.6) is 0 Å². The predicted octanol–water partition coefficient (Wildman–Crippen LogP) is 2.32. The van der Waals surface area contributed by atoms with Crippen LogP contribution in [0.3, 0.4) is 0 Å². The molecule has 1 aliphatic heterocycles. The van der Waals surface area contributed by atoms with Gasteiger partial charge in [0.15, 0.2) is 0 Å². The molecule has 1 fully saturated rings. The predicted molar refractivity (Wildman–Crippen MR) is 50.7 cm³/mol. The Hall–Kier alpha value is -1.24. The second-order valence-corrected chi connectivity index (χ2v) is 3.41. The summed E-state index contributed by atoms with van der Waals surface area (Å²) in [7, 11) is 0. The molecule has 0 atom stereocenters. The molecule has 1 nitrogen and oxygen atoms in total. The summed E-state index contributed by atoms with van der Waals surface area (Å²) in [5.41, 5.74) is 3.96. The van der Waals surface area contributed by atoms with Crippen molar-refractivity contribution < 1.29 is 0 Å². The van der Waals surface area contributed by atoms with E-state index in [2.05, 4.69) is 42.7 Å². The Kier molecular flexibility index (Phi) is 1.65. The number of aryl methyl sites for hydroxylation is 1. The van der Waals surface area contributed by atoms with E-state index in [1.54, 1.807) is 0 Å². The molecule has 0 bridgehead atoms. The standard InChI is InChI=1S/C11H13N/c1-9-3-5-11(6-4-9)8-12-7-10(12)2/h3-6H,2,7-8H2,1H3. The Morgan fingerprint density at radius 1 is 1.33 bits per heavy atom. The normalized spacial score (nSPS) is 15.1. The molecule has 0 spiro atoms. The van der Waals surface area contributed by atoms with Gasteiger partial charge in [0.2, 0.25) is 0 Å². The Morgan fingerprint density at radius 2 is 1.92 bits per heavy atom.